The molecular weight excluding hydrogens is 535 g/mol. The van der Waals surface area contributed by atoms with Crippen LogP contribution in [0.4, 0.5) is 30.7 Å². The molecule has 0 N–H and O–H groups in total. The Morgan fingerprint density at radius 1 is 1.00 bits per heavy atom. The van der Waals surface area contributed by atoms with Crippen molar-refractivity contribution in [2.24, 2.45) is 0 Å². The second-order valence-corrected chi connectivity index (χ2v) is 9.66. The SMILES string of the molecule is CN(Cc1cc(C(F)(F)F)cc(C(F)(F)F)c1)C(=O)c1cnc(S(C)(=O)=O)nc1Oc1ccccc1F. The molecule has 37 heavy (non-hydrogen) atoms. The van der Waals surface area contributed by atoms with E-state index in [0.29, 0.717) is 12.1 Å². The quantitative estimate of drug-likeness (QED) is 0.312. The molecule has 0 spiro atoms. The first-order valence-corrected chi connectivity index (χ1v) is 11.9. The molecule has 198 valence electrons. The van der Waals surface area contributed by atoms with E-state index in [-0.39, 0.29) is 6.07 Å². The van der Waals surface area contributed by atoms with Crippen LogP contribution in [0.1, 0.15) is 27.0 Å². The summed E-state index contributed by atoms with van der Waals surface area (Å²) >= 11 is 0. The molecule has 0 saturated heterocycles. The lowest BCUT2D eigenvalue weighted by Gasteiger charge is -2.20. The van der Waals surface area contributed by atoms with E-state index in [9.17, 15) is 43.9 Å². The maximum Gasteiger partial charge on any atom is 0.416 e. The summed E-state index contributed by atoms with van der Waals surface area (Å²) in [6.45, 7) is -0.723. The maximum absolute atomic E-state index is 14.1. The van der Waals surface area contributed by atoms with E-state index in [2.05, 4.69) is 9.97 Å². The van der Waals surface area contributed by atoms with Gasteiger partial charge in [-0.2, -0.15) is 31.3 Å². The molecule has 0 bridgehead atoms. The van der Waals surface area contributed by atoms with Gasteiger partial charge in [0.1, 0.15) is 5.56 Å². The number of sulfone groups is 1. The molecule has 0 aliphatic rings. The first-order valence-electron chi connectivity index (χ1n) is 10.00. The van der Waals surface area contributed by atoms with Crippen LogP contribution >= 0.6 is 0 Å². The molecule has 2 aromatic carbocycles. The van der Waals surface area contributed by atoms with Gasteiger partial charge in [0, 0.05) is 26.0 Å². The van der Waals surface area contributed by atoms with Crippen LogP contribution in [0, 0.1) is 5.82 Å². The van der Waals surface area contributed by atoms with Crippen molar-refractivity contribution >= 4 is 15.7 Å². The number of halogens is 7. The molecule has 3 aromatic rings. The molecule has 0 aliphatic heterocycles. The summed E-state index contributed by atoms with van der Waals surface area (Å²) in [6, 6.07) is 5.72. The number of alkyl halides is 6. The van der Waals surface area contributed by atoms with Gasteiger partial charge in [0.25, 0.3) is 5.91 Å². The van der Waals surface area contributed by atoms with Crippen LogP contribution in [0.2, 0.25) is 0 Å². The van der Waals surface area contributed by atoms with Gasteiger partial charge in [-0.3, -0.25) is 4.79 Å². The van der Waals surface area contributed by atoms with Crippen molar-refractivity contribution in [2.75, 3.05) is 13.3 Å². The van der Waals surface area contributed by atoms with Gasteiger partial charge < -0.3 is 9.64 Å². The predicted molar refractivity (Wildman–Crippen MR) is 114 cm³/mol. The Balaban J connectivity index is 2.01. The Morgan fingerprint density at radius 2 is 1.57 bits per heavy atom. The minimum atomic E-state index is -5.09. The molecular formula is C22H16F7N3O4S. The lowest BCUT2D eigenvalue weighted by Crippen LogP contribution is -2.27. The smallest absolute Gasteiger partial charge is 0.416 e. The number of para-hydroxylation sites is 1. The van der Waals surface area contributed by atoms with E-state index >= 15 is 0 Å². The van der Waals surface area contributed by atoms with E-state index in [1.54, 1.807) is 0 Å². The van der Waals surface area contributed by atoms with E-state index in [1.807, 2.05) is 0 Å². The van der Waals surface area contributed by atoms with E-state index < -0.39 is 79.5 Å². The number of hydrogen-bond acceptors (Lipinski definition) is 6. The summed E-state index contributed by atoms with van der Waals surface area (Å²) in [5, 5.41) is -0.772. The Kier molecular flexibility index (Phi) is 7.49. The second kappa shape index (κ2) is 9.95. The Bertz CT molecular complexity index is 1410. The van der Waals surface area contributed by atoms with Gasteiger partial charge in [0.2, 0.25) is 20.9 Å². The fraction of sp³-hybridized carbons (Fsp3) is 0.227. The molecule has 3 rings (SSSR count). The van der Waals surface area contributed by atoms with Gasteiger partial charge in [0.15, 0.2) is 11.6 Å². The summed E-state index contributed by atoms with van der Waals surface area (Å²) in [6.07, 6.45) is -8.68. The van der Waals surface area contributed by atoms with Crippen molar-refractivity contribution < 1.29 is 48.7 Å². The zero-order chi connectivity index (χ0) is 27.8. The number of aromatic nitrogens is 2. The molecule has 0 unspecified atom stereocenters. The molecule has 0 radical (unpaired) electrons. The van der Waals surface area contributed by atoms with Gasteiger partial charge in [-0.15, -0.1) is 0 Å². The Labute approximate surface area is 205 Å². The average Bonchev–Trinajstić information content (AvgIpc) is 2.78. The number of benzene rings is 2. The van der Waals surface area contributed by atoms with Crippen LogP contribution in [0.15, 0.2) is 53.8 Å². The summed E-state index contributed by atoms with van der Waals surface area (Å²) in [5.74, 6) is -3.09. The topological polar surface area (TPSA) is 89.5 Å². The van der Waals surface area contributed by atoms with Crippen LogP contribution in [0.25, 0.3) is 0 Å². The van der Waals surface area contributed by atoms with Crippen molar-refractivity contribution in [3.8, 4) is 11.6 Å². The molecule has 1 aromatic heterocycles. The zero-order valence-corrected chi connectivity index (χ0v) is 19.7. The normalized spacial score (nSPS) is 12.4. The second-order valence-electron chi connectivity index (χ2n) is 7.75. The third kappa shape index (κ3) is 6.72. The monoisotopic (exact) mass is 551 g/mol. The number of hydrogen-bond donors (Lipinski definition) is 0. The summed E-state index contributed by atoms with van der Waals surface area (Å²) in [5.41, 5.74) is -4.16. The van der Waals surface area contributed by atoms with Crippen molar-refractivity contribution in [2.45, 2.75) is 24.1 Å². The van der Waals surface area contributed by atoms with Gasteiger partial charge in [-0.05, 0) is 35.9 Å². The van der Waals surface area contributed by atoms with Crippen LogP contribution < -0.4 is 4.74 Å². The molecule has 15 heteroatoms. The summed E-state index contributed by atoms with van der Waals surface area (Å²) in [4.78, 5) is 21.0. The molecule has 0 aliphatic carbocycles. The van der Waals surface area contributed by atoms with Gasteiger partial charge in [-0.1, -0.05) is 12.1 Å². The van der Waals surface area contributed by atoms with Gasteiger partial charge in [0.05, 0.1) is 11.1 Å². The highest BCUT2D eigenvalue weighted by Gasteiger charge is 2.37. The molecule has 0 saturated carbocycles. The van der Waals surface area contributed by atoms with Crippen molar-refractivity contribution in [1.29, 1.82) is 0 Å². The van der Waals surface area contributed by atoms with Crippen LogP contribution in [-0.2, 0) is 28.7 Å². The van der Waals surface area contributed by atoms with Crippen LogP contribution in [-0.4, -0.2) is 42.5 Å². The molecule has 7 nitrogen and oxygen atoms in total. The van der Waals surface area contributed by atoms with E-state index in [4.69, 9.17) is 4.74 Å². The third-order valence-corrected chi connectivity index (χ3v) is 5.61. The van der Waals surface area contributed by atoms with Crippen LogP contribution in [0.3, 0.4) is 0 Å². The number of nitrogens with zero attached hydrogens (tertiary/aromatic N) is 3. The van der Waals surface area contributed by atoms with Crippen molar-refractivity contribution in [3.63, 3.8) is 0 Å². The predicted octanol–water partition coefficient (Wildman–Crippen LogP) is 5.12. The first kappa shape index (κ1) is 27.8. The van der Waals surface area contributed by atoms with Gasteiger partial charge >= 0.3 is 12.4 Å². The third-order valence-electron chi connectivity index (χ3n) is 4.75. The van der Waals surface area contributed by atoms with Crippen molar-refractivity contribution in [1.82, 2.24) is 14.9 Å². The van der Waals surface area contributed by atoms with Crippen LogP contribution in [0.5, 0.6) is 11.6 Å². The molecule has 0 atom stereocenters. The summed E-state index contributed by atoms with van der Waals surface area (Å²) in [7, 11) is -2.95. The Hall–Kier alpha value is -3.75. The number of carbonyl (C=O) groups excluding carboxylic acids is 1. The number of amides is 1. The van der Waals surface area contributed by atoms with Gasteiger partial charge in [-0.25, -0.2) is 17.8 Å². The number of ether oxygens (including phenoxy) is 1. The lowest BCUT2D eigenvalue weighted by atomic mass is 10.0. The standard InChI is InChI=1S/C22H16F7N3O4S/c1-32(11-12-7-13(21(24,25)26)9-14(8-12)22(27,28)29)19(33)15-10-30-20(37(2,34)35)31-18(15)36-17-6-4-3-5-16(17)23/h3-10H,11H2,1-2H3. The lowest BCUT2D eigenvalue weighted by molar-refractivity contribution is -0.143. The number of rotatable bonds is 6. The fourth-order valence-corrected chi connectivity index (χ4v) is 3.54. The molecule has 1 heterocycles. The average molecular weight is 551 g/mol. The zero-order valence-electron chi connectivity index (χ0n) is 18.9. The largest absolute Gasteiger partial charge is 0.435 e. The molecule has 0 fully saturated rings. The van der Waals surface area contributed by atoms with E-state index in [1.165, 1.54) is 12.1 Å². The number of carbonyl (C=O) groups is 1. The molecule has 1 amide bonds. The highest BCUT2D eigenvalue weighted by Crippen LogP contribution is 2.36. The van der Waals surface area contributed by atoms with E-state index in [0.717, 1.165) is 36.5 Å². The van der Waals surface area contributed by atoms with Crippen molar-refractivity contribution in [3.05, 3.63) is 76.7 Å². The minimum absolute atomic E-state index is 0.0522. The fourth-order valence-electron chi connectivity index (χ4n) is 3.05. The highest BCUT2D eigenvalue weighted by molar-refractivity contribution is 7.90. The highest BCUT2D eigenvalue weighted by atomic mass is 32.2. The first-order chi connectivity index (χ1) is 17.0. The maximum atomic E-state index is 14.1. The minimum Gasteiger partial charge on any atom is -0.435 e. The Morgan fingerprint density at radius 3 is 2.08 bits per heavy atom. The summed E-state index contributed by atoms with van der Waals surface area (Å²) < 4.78 is 122.